The first-order valence-electron chi connectivity index (χ1n) is 9.03. The number of nitrogens with zero attached hydrogens (tertiary/aromatic N) is 2. The van der Waals surface area contributed by atoms with Crippen LogP contribution in [0.15, 0.2) is 46.8 Å². The third-order valence-electron chi connectivity index (χ3n) is 4.74. The van der Waals surface area contributed by atoms with E-state index in [0.29, 0.717) is 17.0 Å². The fourth-order valence-electron chi connectivity index (χ4n) is 3.44. The molecule has 0 spiro atoms. The van der Waals surface area contributed by atoms with Gasteiger partial charge in [-0.05, 0) is 26.3 Å². The van der Waals surface area contributed by atoms with Gasteiger partial charge >= 0.3 is 11.9 Å². The van der Waals surface area contributed by atoms with E-state index in [4.69, 9.17) is 14.2 Å². The Bertz CT molecular complexity index is 919. The van der Waals surface area contributed by atoms with Crippen LogP contribution in [-0.4, -0.2) is 54.1 Å². The molecule has 0 aromatic heterocycles. The summed E-state index contributed by atoms with van der Waals surface area (Å²) in [6.07, 6.45) is -1.40. The summed E-state index contributed by atoms with van der Waals surface area (Å²) < 4.78 is 15.1. The Morgan fingerprint density at radius 1 is 1.20 bits per heavy atom. The van der Waals surface area contributed by atoms with Crippen molar-refractivity contribution in [2.45, 2.75) is 33.0 Å². The van der Waals surface area contributed by atoms with Gasteiger partial charge in [0, 0.05) is 30.6 Å². The highest BCUT2D eigenvalue weighted by atomic mass is 16.6. The molecule has 1 N–H and O–H groups in total. The molecule has 162 valence electrons. The lowest BCUT2D eigenvalue weighted by molar-refractivity contribution is -0.384. The van der Waals surface area contributed by atoms with Gasteiger partial charge in [0.05, 0.1) is 29.1 Å². The summed E-state index contributed by atoms with van der Waals surface area (Å²) in [4.78, 5) is 37.9. The number of aliphatic hydroxyl groups is 1. The van der Waals surface area contributed by atoms with Crippen molar-refractivity contribution in [3.05, 3.63) is 62.5 Å². The summed E-state index contributed by atoms with van der Waals surface area (Å²) in [5.74, 6) is -2.58. The van der Waals surface area contributed by atoms with E-state index in [-0.39, 0.29) is 23.6 Å². The molecule has 1 aliphatic heterocycles. The molecule has 0 saturated carbocycles. The minimum absolute atomic E-state index is 0.0330. The average Bonchev–Trinajstić information content (AvgIpc) is 2.69. The number of allylic oxidation sites excluding steroid dienone is 2. The number of ether oxygens (including phenoxy) is 3. The van der Waals surface area contributed by atoms with Gasteiger partial charge in [0.2, 0.25) is 0 Å². The van der Waals surface area contributed by atoms with E-state index in [1.807, 2.05) is 0 Å². The fourth-order valence-corrected chi connectivity index (χ4v) is 3.44. The number of rotatable bonds is 7. The number of hydrogen-bond acceptors (Lipinski definition) is 9. The Kier molecular flexibility index (Phi) is 7.30. The smallest absolute Gasteiger partial charge is 0.339 e. The van der Waals surface area contributed by atoms with Gasteiger partial charge < -0.3 is 24.2 Å². The van der Waals surface area contributed by atoms with E-state index >= 15 is 0 Å². The molecule has 0 aliphatic carbocycles. The summed E-state index contributed by atoms with van der Waals surface area (Å²) in [5.41, 5.74) is 1.17. The first-order chi connectivity index (χ1) is 14.1. The normalized spacial score (nSPS) is 17.7. The summed E-state index contributed by atoms with van der Waals surface area (Å²) >= 11 is 0. The highest BCUT2D eigenvalue weighted by Crippen LogP contribution is 2.43. The zero-order chi connectivity index (χ0) is 22.6. The minimum Gasteiger partial charge on any atom is -0.466 e. The van der Waals surface area contributed by atoms with Gasteiger partial charge in [0.1, 0.15) is 6.73 Å². The van der Waals surface area contributed by atoms with E-state index in [1.165, 1.54) is 39.3 Å². The highest BCUT2D eigenvalue weighted by Gasteiger charge is 2.41. The van der Waals surface area contributed by atoms with Crippen LogP contribution in [0, 0.1) is 10.1 Å². The van der Waals surface area contributed by atoms with Gasteiger partial charge in [-0.1, -0.05) is 12.1 Å². The van der Waals surface area contributed by atoms with Gasteiger partial charge in [-0.25, -0.2) is 9.59 Å². The predicted molar refractivity (Wildman–Crippen MR) is 105 cm³/mol. The number of carbonyl (C=O) groups excluding carboxylic acids is 2. The van der Waals surface area contributed by atoms with Gasteiger partial charge in [0.25, 0.3) is 5.69 Å². The third kappa shape index (κ3) is 4.50. The lowest BCUT2D eigenvalue weighted by Gasteiger charge is -2.37. The van der Waals surface area contributed by atoms with Crippen molar-refractivity contribution in [2.75, 3.05) is 21.0 Å². The van der Waals surface area contributed by atoms with Crippen molar-refractivity contribution >= 4 is 17.6 Å². The zero-order valence-electron chi connectivity index (χ0n) is 17.4. The molecule has 1 aromatic carbocycles. The van der Waals surface area contributed by atoms with Crippen LogP contribution in [0.4, 0.5) is 5.69 Å². The second kappa shape index (κ2) is 9.51. The Balaban J connectivity index is 2.81. The largest absolute Gasteiger partial charge is 0.466 e. The maximum atomic E-state index is 12.9. The quantitative estimate of drug-likeness (QED) is 0.305. The third-order valence-corrected chi connectivity index (χ3v) is 4.74. The molecule has 2 unspecified atom stereocenters. The van der Waals surface area contributed by atoms with Crippen LogP contribution in [0.1, 0.15) is 32.3 Å². The van der Waals surface area contributed by atoms with Gasteiger partial charge in [-0.3, -0.25) is 10.1 Å². The number of non-ortho nitro benzene ring substituents is 1. The molecule has 10 heteroatoms. The molecule has 1 aromatic rings. The topological polar surface area (TPSA) is 128 Å². The Hall–Kier alpha value is -3.24. The molecule has 0 amide bonds. The van der Waals surface area contributed by atoms with Crippen LogP contribution < -0.4 is 0 Å². The van der Waals surface area contributed by atoms with Gasteiger partial charge in [-0.15, -0.1) is 0 Å². The van der Waals surface area contributed by atoms with E-state index in [2.05, 4.69) is 0 Å². The zero-order valence-corrected chi connectivity index (χ0v) is 17.4. The molecule has 10 nitrogen and oxygen atoms in total. The van der Waals surface area contributed by atoms with E-state index in [1.54, 1.807) is 24.8 Å². The SMILES string of the molecule is COCN1C(C)=C(C(=O)OC)C(c2cccc([N+](=O)[O-])c2)C(C(=O)OC(C)O)=C1C. The van der Waals surface area contributed by atoms with Crippen LogP contribution in [0.5, 0.6) is 0 Å². The summed E-state index contributed by atoms with van der Waals surface area (Å²) in [6, 6.07) is 5.63. The molecule has 1 aliphatic rings. The number of carbonyl (C=O) groups is 2. The Morgan fingerprint density at radius 3 is 2.30 bits per heavy atom. The maximum Gasteiger partial charge on any atom is 0.339 e. The minimum atomic E-state index is -1.40. The van der Waals surface area contributed by atoms with Crippen LogP contribution in [0.25, 0.3) is 0 Å². The summed E-state index contributed by atoms with van der Waals surface area (Å²) in [6.45, 7) is 4.61. The predicted octanol–water partition coefficient (Wildman–Crippen LogP) is 2.20. The van der Waals surface area contributed by atoms with Crippen molar-refractivity contribution in [1.82, 2.24) is 4.90 Å². The Morgan fingerprint density at radius 2 is 1.80 bits per heavy atom. The highest BCUT2D eigenvalue weighted by molar-refractivity contribution is 5.99. The van der Waals surface area contributed by atoms with Crippen LogP contribution in [0.2, 0.25) is 0 Å². The second-order valence-electron chi connectivity index (χ2n) is 6.63. The van der Waals surface area contributed by atoms with E-state index in [0.717, 1.165) is 0 Å². The first-order valence-corrected chi connectivity index (χ1v) is 9.03. The van der Waals surface area contributed by atoms with E-state index in [9.17, 15) is 24.8 Å². The lowest BCUT2D eigenvalue weighted by atomic mass is 9.79. The number of benzene rings is 1. The van der Waals surface area contributed by atoms with Crippen molar-refractivity contribution in [2.24, 2.45) is 0 Å². The molecule has 0 radical (unpaired) electrons. The number of aliphatic hydroxyl groups excluding tert-OH is 1. The van der Waals surface area contributed by atoms with Crippen molar-refractivity contribution in [3.8, 4) is 0 Å². The number of nitro groups is 1. The van der Waals surface area contributed by atoms with Gasteiger partial charge in [0.15, 0.2) is 6.29 Å². The van der Waals surface area contributed by atoms with Crippen LogP contribution in [0.3, 0.4) is 0 Å². The molecule has 2 rings (SSSR count). The molecule has 0 saturated heterocycles. The number of hydrogen-bond donors (Lipinski definition) is 1. The second-order valence-corrected chi connectivity index (χ2v) is 6.63. The molecular formula is C20H24N2O8. The molecular weight excluding hydrogens is 396 g/mol. The average molecular weight is 420 g/mol. The monoisotopic (exact) mass is 420 g/mol. The lowest BCUT2D eigenvalue weighted by Crippen LogP contribution is -2.36. The molecule has 0 bridgehead atoms. The fraction of sp³-hybridized carbons (Fsp3) is 0.400. The first kappa shape index (κ1) is 23.0. The number of methoxy groups -OCH3 is 2. The summed E-state index contributed by atoms with van der Waals surface area (Å²) in [7, 11) is 2.66. The van der Waals surface area contributed by atoms with Crippen LogP contribution in [-0.2, 0) is 23.8 Å². The summed E-state index contributed by atoms with van der Waals surface area (Å²) in [5, 5.41) is 20.8. The number of nitro benzene ring substituents is 1. The van der Waals surface area contributed by atoms with Crippen molar-refractivity contribution in [3.63, 3.8) is 0 Å². The van der Waals surface area contributed by atoms with Crippen molar-refractivity contribution < 1.29 is 33.8 Å². The van der Waals surface area contributed by atoms with Gasteiger partial charge in [-0.2, -0.15) is 0 Å². The maximum absolute atomic E-state index is 12.9. The Labute approximate surface area is 173 Å². The van der Waals surface area contributed by atoms with Crippen LogP contribution >= 0.6 is 0 Å². The van der Waals surface area contributed by atoms with E-state index < -0.39 is 29.1 Å². The molecule has 1 heterocycles. The molecule has 30 heavy (non-hydrogen) atoms. The van der Waals surface area contributed by atoms with Crippen molar-refractivity contribution in [1.29, 1.82) is 0 Å². The molecule has 0 fully saturated rings. The standard InChI is InChI=1S/C20H24N2O8/c1-11-16(19(24)29-5)18(14-7-6-8-15(9-14)22(26)27)17(20(25)30-13(3)23)12(2)21(11)10-28-4/h6-9,13,18,23H,10H2,1-5H3. The number of esters is 2. The molecule has 2 atom stereocenters.